The summed E-state index contributed by atoms with van der Waals surface area (Å²) in [4.78, 5) is 14.1. The van der Waals surface area contributed by atoms with Crippen molar-refractivity contribution >= 4 is 18.3 Å². The summed E-state index contributed by atoms with van der Waals surface area (Å²) in [7, 11) is 0. The van der Waals surface area contributed by atoms with Gasteiger partial charge >= 0.3 is 6.18 Å². The first kappa shape index (κ1) is 21.2. The minimum Gasteiger partial charge on any atom is -0.338 e. The van der Waals surface area contributed by atoms with E-state index < -0.39 is 23.5 Å². The minimum absolute atomic E-state index is 0. The molecule has 1 aliphatic rings. The molecule has 8 heteroatoms. The molecule has 2 aromatic rings. The smallest absolute Gasteiger partial charge is 0.338 e. The summed E-state index contributed by atoms with van der Waals surface area (Å²) >= 11 is 0. The summed E-state index contributed by atoms with van der Waals surface area (Å²) in [5.74, 6) is -1.71. The van der Waals surface area contributed by atoms with Gasteiger partial charge in [-0.15, -0.1) is 12.4 Å². The summed E-state index contributed by atoms with van der Waals surface area (Å²) in [6.07, 6.45) is -4.71. The Balaban J connectivity index is 0.00000261. The third-order valence-electron chi connectivity index (χ3n) is 4.73. The van der Waals surface area contributed by atoms with Crippen LogP contribution in [0.15, 0.2) is 48.5 Å². The summed E-state index contributed by atoms with van der Waals surface area (Å²) in [5, 5.41) is 0. The number of likely N-dealkylation sites (tertiary alicyclic amines) is 1. The van der Waals surface area contributed by atoms with E-state index in [1.165, 1.54) is 4.90 Å². The van der Waals surface area contributed by atoms with Crippen molar-refractivity contribution in [3.63, 3.8) is 0 Å². The van der Waals surface area contributed by atoms with Crippen LogP contribution in [0.5, 0.6) is 0 Å². The van der Waals surface area contributed by atoms with Crippen LogP contribution in [0.25, 0.3) is 0 Å². The lowest BCUT2D eigenvalue weighted by atomic mass is 9.89. The first-order chi connectivity index (χ1) is 12.3. The second-order valence-corrected chi connectivity index (χ2v) is 6.45. The molecule has 2 atom stereocenters. The average molecular weight is 403 g/mol. The van der Waals surface area contributed by atoms with Crippen molar-refractivity contribution in [2.45, 2.75) is 12.1 Å². The van der Waals surface area contributed by atoms with Crippen molar-refractivity contribution in [2.75, 3.05) is 19.6 Å². The Morgan fingerprint density at radius 1 is 1.11 bits per heavy atom. The second kappa shape index (κ2) is 8.27. The van der Waals surface area contributed by atoms with Gasteiger partial charge < -0.3 is 10.6 Å². The average Bonchev–Trinajstić information content (AvgIpc) is 3.05. The van der Waals surface area contributed by atoms with Crippen LogP contribution in [0.3, 0.4) is 0 Å². The Kier molecular flexibility index (Phi) is 6.49. The molecule has 1 saturated heterocycles. The quantitative estimate of drug-likeness (QED) is 0.786. The van der Waals surface area contributed by atoms with E-state index in [1.807, 2.05) is 30.3 Å². The molecule has 146 valence electrons. The highest BCUT2D eigenvalue weighted by atomic mass is 35.5. The maximum atomic E-state index is 13.6. The van der Waals surface area contributed by atoms with E-state index in [-0.39, 0.29) is 29.8 Å². The highest BCUT2D eigenvalue weighted by Gasteiger charge is 2.37. The molecule has 3 rings (SSSR count). The molecule has 0 aromatic heterocycles. The van der Waals surface area contributed by atoms with Crippen LogP contribution in [0.1, 0.15) is 27.4 Å². The third kappa shape index (κ3) is 4.59. The zero-order valence-electron chi connectivity index (χ0n) is 14.2. The van der Waals surface area contributed by atoms with E-state index >= 15 is 0 Å². The molecule has 0 bridgehead atoms. The normalized spacial score (nSPS) is 19.7. The summed E-state index contributed by atoms with van der Waals surface area (Å²) in [6, 6.07) is 11.4. The summed E-state index contributed by atoms with van der Waals surface area (Å²) in [5.41, 5.74) is 5.37. The third-order valence-corrected chi connectivity index (χ3v) is 4.73. The Morgan fingerprint density at radius 2 is 1.78 bits per heavy atom. The molecule has 1 heterocycles. The number of carbonyl (C=O) groups is 1. The predicted octanol–water partition coefficient (Wildman–Crippen LogP) is 4.08. The number of halogens is 5. The monoisotopic (exact) mass is 402 g/mol. The van der Waals surface area contributed by atoms with Gasteiger partial charge in [0.15, 0.2) is 0 Å². The fourth-order valence-electron chi connectivity index (χ4n) is 3.41. The molecule has 0 aliphatic carbocycles. The van der Waals surface area contributed by atoms with E-state index in [0.717, 1.165) is 11.6 Å². The van der Waals surface area contributed by atoms with E-state index in [0.29, 0.717) is 31.8 Å². The number of alkyl halides is 3. The maximum absolute atomic E-state index is 13.6. The zero-order chi connectivity index (χ0) is 18.9. The molecule has 3 nitrogen and oxygen atoms in total. The predicted molar refractivity (Wildman–Crippen MR) is 96.3 cm³/mol. The first-order valence-electron chi connectivity index (χ1n) is 8.21. The molecule has 2 aromatic carbocycles. The van der Waals surface area contributed by atoms with Gasteiger partial charge in [0.2, 0.25) is 0 Å². The van der Waals surface area contributed by atoms with Gasteiger partial charge in [0, 0.05) is 24.6 Å². The Labute approximate surface area is 160 Å². The highest BCUT2D eigenvalue weighted by Crippen LogP contribution is 2.34. The van der Waals surface area contributed by atoms with Crippen LogP contribution in [-0.2, 0) is 6.18 Å². The SMILES string of the molecule is Cl.NC[C@@H]1CN(C(=O)c2cc(F)cc(C(F)(F)F)c2)C[C@H]1c1ccccc1. The number of benzene rings is 2. The standard InChI is InChI=1S/C19H18F4N2O.ClH/c20-16-7-13(6-15(8-16)19(21,22)23)18(26)25-10-14(9-24)17(11-25)12-4-2-1-3-5-12;/h1-8,14,17H,9-11,24H2;1H/t14-,17+;/m1./s1. The number of carbonyl (C=O) groups excluding carboxylic acids is 1. The molecular formula is C19H19ClF4N2O. The molecule has 2 N–H and O–H groups in total. The van der Waals surface area contributed by atoms with Gasteiger partial charge in [0.1, 0.15) is 5.82 Å². The Hall–Kier alpha value is -2.12. The zero-order valence-corrected chi connectivity index (χ0v) is 15.1. The van der Waals surface area contributed by atoms with Crippen LogP contribution < -0.4 is 5.73 Å². The van der Waals surface area contributed by atoms with Crippen molar-refractivity contribution in [1.29, 1.82) is 0 Å². The Bertz CT molecular complexity index is 798. The molecule has 1 amide bonds. The van der Waals surface area contributed by atoms with Crippen LogP contribution in [0.2, 0.25) is 0 Å². The van der Waals surface area contributed by atoms with Gasteiger partial charge in [-0.1, -0.05) is 30.3 Å². The van der Waals surface area contributed by atoms with Crippen molar-refractivity contribution in [3.05, 3.63) is 71.0 Å². The largest absolute Gasteiger partial charge is 0.416 e. The second-order valence-electron chi connectivity index (χ2n) is 6.45. The summed E-state index contributed by atoms with van der Waals surface area (Å²) < 4.78 is 52.2. The minimum atomic E-state index is -4.71. The van der Waals surface area contributed by atoms with Gasteiger partial charge in [-0.05, 0) is 36.2 Å². The highest BCUT2D eigenvalue weighted by molar-refractivity contribution is 5.94. The van der Waals surface area contributed by atoms with Gasteiger partial charge in [-0.3, -0.25) is 4.79 Å². The van der Waals surface area contributed by atoms with Crippen molar-refractivity contribution in [3.8, 4) is 0 Å². The van der Waals surface area contributed by atoms with Gasteiger partial charge in [0.05, 0.1) is 5.56 Å². The van der Waals surface area contributed by atoms with Crippen molar-refractivity contribution in [1.82, 2.24) is 4.90 Å². The lowest BCUT2D eigenvalue weighted by molar-refractivity contribution is -0.137. The van der Waals surface area contributed by atoms with Gasteiger partial charge in [0.25, 0.3) is 5.91 Å². The molecule has 0 radical (unpaired) electrons. The number of nitrogens with zero attached hydrogens (tertiary/aromatic N) is 1. The van der Waals surface area contributed by atoms with E-state index in [1.54, 1.807) is 0 Å². The van der Waals surface area contributed by atoms with E-state index in [2.05, 4.69) is 0 Å². The molecular weight excluding hydrogens is 384 g/mol. The fourth-order valence-corrected chi connectivity index (χ4v) is 3.41. The topological polar surface area (TPSA) is 46.3 Å². The number of hydrogen-bond acceptors (Lipinski definition) is 2. The lowest BCUT2D eigenvalue weighted by Gasteiger charge is -2.18. The number of rotatable bonds is 3. The molecule has 1 aliphatic heterocycles. The van der Waals surface area contributed by atoms with Crippen molar-refractivity contribution < 1.29 is 22.4 Å². The molecule has 1 fully saturated rings. The van der Waals surface area contributed by atoms with Gasteiger partial charge in [-0.25, -0.2) is 4.39 Å². The fraction of sp³-hybridized carbons (Fsp3) is 0.316. The first-order valence-corrected chi connectivity index (χ1v) is 8.21. The number of nitrogens with two attached hydrogens (primary N) is 1. The van der Waals surface area contributed by atoms with Gasteiger partial charge in [-0.2, -0.15) is 13.2 Å². The molecule has 0 spiro atoms. The maximum Gasteiger partial charge on any atom is 0.416 e. The molecule has 27 heavy (non-hydrogen) atoms. The Morgan fingerprint density at radius 3 is 2.37 bits per heavy atom. The van der Waals surface area contributed by atoms with Crippen LogP contribution >= 0.6 is 12.4 Å². The van der Waals surface area contributed by atoms with Crippen molar-refractivity contribution in [2.24, 2.45) is 11.7 Å². The van der Waals surface area contributed by atoms with Crippen LogP contribution in [-0.4, -0.2) is 30.4 Å². The lowest BCUT2D eigenvalue weighted by Crippen LogP contribution is -2.30. The van der Waals surface area contributed by atoms with E-state index in [9.17, 15) is 22.4 Å². The number of amides is 1. The molecule has 0 saturated carbocycles. The van der Waals surface area contributed by atoms with Crippen LogP contribution in [0, 0.1) is 11.7 Å². The molecule has 0 unspecified atom stereocenters. The summed E-state index contributed by atoms with van der Waals surface area (Å²) in [6.45, 7) is 1.01. The number of hydrogen-bond donors (Lipinski definition) is 1. The van der Waals surface area contributed by atoms with Crippen LogP contribution in [0.4, 0.5) is 17.6 Å². The van der Waals surface area contributed by atoms with E-state index in [4.69, 9.17) is 5.73 Å².